The molecule has 4 aromatic rings. The van der Waals surface area contributed by atoms with Gasteiger partial charge in [-0.1, -0.05) is 66.7 Å². The molecule has 0 aliphatic heterocycles. The lowest BCUT2D eigenvalue weighted by Crippen LogP contribution is -2.43. The SMILES string of the molecule is O=C(/C=C/c1ccc2ccccc2c1)NC(Cn1cncn1)C(=O)c1ccccc1. The van der Waals surface area contributed by atoms with Crippen LogP contribution in [0.4, 0.5) is 0 Å². The van der Waals surface area contributed by atoms with Crippen molar-refractivity contribution >= 4 is 28.5 Å². The van der Waals surface area contributed by atoms with Crippen LogP contribution < -0.4 is 5.32 Å². The Morgan fingerprint density at radius 1 is 0.967 bits per heavy atom. The monoisotopic (exact) mass is 396 g/mol. The Bertz CT molecular complexity index is 1180. The first-order valence-corrected chi connectivity index (χ1v) is 9.58. The number of Topliss-reactive ketones (excluding diaryl/α,β-unsaturated/α-hetero) is 1. The van der Waals surface area contributed by atoms with Crippen LogP contribution in [0.5, 0.6) is 0 Å². The fourth-order valence-corrected chi connectivity index (χ4v) is 3.21. The summed E-state index contributed by atoms with van der Waals surface area (Å²) >= 11 is 0. The second kappa shape index (κ2) is 8.96. The average molecular weight is 396 g/mol. The summed E-state index contributed by atoms with van der Waals surface area (Å²) in [4.78, 5) is 29.4. The molecule has 3 aromatic carbocycles. The van der Waals surface area contributed by atoms with Crippen LogP contribution in [0, 0.1) is 0 Å². The normalized spacial score (nSPS) is 12.1. The number of nitrogens with one attached hydrogen (secondary N) is 1. The highest BCUT2D eigenvalue weighted by Gasteiger charge is 2.22. The summed E-state index contributed by atoms with van der Waals surface area (Å²) in [5.41, 5.74) is 1.44. The number of ketones is 1. The fraction of sp³-hybridized carbons (Fsp3) is 0.0833. The topological polar surface area (TPSA) is 76.9 Å². The summed E-state index contributed by atoms with van der Waals surface area (Å²) in [5.74, 6) is -0.531. The molecule has 0 spiro atoms. The molecule has 1 atom stereocenters. The standard InChI is InChI=1S/C24H20N4O2/c29-23(13-11-18-10-12-19-6-4-5-9-21(19)14-18)27-22(15-28-17-25-16-26-28)24(30)20-7-2-1-3-8-20/h1-14,16-17,22H,15H2,(H,27,29)/b13-11+. The van der Waals surface area contributed by atoms with Crippen LogP contribution in [0.2, 0.25) is 0 Å². The van der Waals surface area contributed by atoms with Crippen LogP contribution in [0.15, 0.2) is 91.5 Å². The number of carbonyl (C=O) groups excluding carboxylic acids is 2. The van der Waals surface area contributed by atoms with Gasteiger partial charge in [0.05, 0.1) is 6.54 Å². The highest BCUT2D eigenvalue weighted by Crippen LogP contribution is 2.16. The Hall–Kier alpha value is -4.06. The van der Waals surface area contributed by atoms with Crippen molar-refractivity contribution in [1.82, 2.24) is 20.1 Å². The maximum atomic E-state index is 12.9. The summed E-state index contributed by atoms with van der Waals surface area (Å²) in [7, 11) is 0. The average Bonchev–Trinajstić information content (AvgIpc) is 3.30. The van der Waals surface area contributed by atoms with E-state index in [9.17, 15) is 9.59 Å². The molecule has 0 aliphatic rings. The molecule has 1 amide bonds. The van der Waals surface area contributed by atoms with Gasteiger partial charge in [-0.25, -0.2) is 4.98 Å². The molecule has 0 fully saturated rings. The van der Waals surface area contributed by atoms with Gasteiger partial charge >= 0.3 is 0 Å². The predicted octanol–water partition coefficient (Wildman–Crippen LogP) is 3.51. The van der Waals surface area contributed by atoms with Crippen molar-refractivity contribution in [2.45, 2.75) is 12.6 Å². The third-order valence-corrected chi connectivity index (χ3v) is 4.73. The van der Waals surface area contributed by atoms with Crippen LogP contribution >= 0.6 is 0 Å². The molecule has 0 radical (unpaired) electrons. The van der Waals surface area contributed by atoms with Crippen LogP contribution in [-0.4, -0.2) is 32.5 Å². The van der Waals surface area contributed by atoms with Crippen molar-refractivity contribution in [3.05, 3.63) is 103 Å². The zero-order valence-electron chi connectivity index (χ0n) is 16.2. The zero-order valence-corrected chi connectivity index (χ0v) is 16.2. The molecule has 30 heavy (non-hydrogen) atoms. The molecule has 4 rings (SSSR count). The lowest BCUT2D eigenvalue weighted by Gasteiger charge is -2.16. The summed E-state index contributed by atoms with van der Waals surface area (Å²) in [5, 5.41) is 9.08. The third kappa shape index (κ3) is 4.67. The van der Waals surface area contributed by atoms with Gasteiger partial charge in [-0.15, -0.1) is 0 Å². The molecule has 6 nitrogen and oxygen atoms in total. The number of hydrogen-bond donors (Lipinski definition) is 1. The third-order valence-electron chi connectivity index (χ3n) is 4.73. The van der Waals surface area contributed by atoms with Gasteiger partial charge in [0.2, 0.25) is 5.91 Å². The second-order valence-corrected chi connectivity index (χ2v) is 6.85. The molecular weight excluding hydrogens is 376 g/mol. The minimum atomic E-state index is -0.761. The number of fused-ring (bicyclic) bond motifs is 1. The van der Waals surface area contributed by atoms with Crippen molar-refractivity contribution in [2.75, 3.05) is 0 Å². The first-order chi connectivity index (χ1) is 14.7. The van der Waals surface area contributed by atoms with E-state index in [1.807, 2.05) is 48.5 Å². The van der Waals surface area contributed by atoms with E-state index in [1.165, 1.54) is 23.4 Å². The van der Waals surface area contributed by atoms with Gasteiger partial charge in [0.25, 0.3) is 0 Å². The van der Waals surface area contributed by atoms with Crippen molar-refractivity contribution < 1.29 is 9.59 Å². The molecule has 0 saturated carbocycles. The smallest absolute Gasteiger partial charge is 0.244 e. The fourth-order valence-electron chi connectivity index (χ4n) is 3.21. The summed E-state index contributed by atoms with van der Waals surface area (Å²) in [6.45, 7) is 0.198. The molecule has 1 N–H and O–H groups in total. The van der Waals surface area contributed by atoms with Gasteiger partial charge in [-0.05, 0) is 28.5 Å². The number of nitrogens with zero attached hydrogens (tertiary/aromatic N) is 3. The Balaban J connectivity index is 1.50. The maximum absolute atomic E-state index is 12.9. The summed E-state index contributed by atoms with van der Waals surface area (Å²) in [6.07, 6.45) is 6.09. The number of hydrogen-bond acceptors (Lipinski definition) is 4. The van der Waals surface area contributed by atoms with Crippen molar-refractivity contribution in [3.63, 3.8) is 0 Å². The number of rotatable bonds is 7. The molecule has 1 aromatic heterocycles. The van der Waals surface area contributed by atoms with Gasteiger partial charge in [-0.3, -0.25) is 14.3 Å². The zero-order chi connectivity index (χ0) is 20.8. The van der Waals surface area contributed by atoms with E-state index in [0.717, 1.165) is 16.3 Å². The molecule has 1 heterocycles. The molecule has 0 saturated heterocycles. The largest absolute Gasteiger partial charge is 0.340 e. The lowest BCUT2D eigenvalue weighted by molar-refractivity contribution is -0.117. The summed E-state index contributed by atoms with van der Waals surface area (Å²) < 4.78 is 1.53. The second-order valence-electron chi connectivity index (χ2n) is 6.85. The number of aromatic nitrogens is 3. The minimum Gasteiger partial charge on any atom is -0.340 e. The molecule has 148 valence electrons. The Labute approximate surface area is 173 Å². The predicted molar refractivity (Wildman–Crippen MR) is 116 cm³/mol. The van der Waals surface area contributed by atoms with E-state index in [-0.39, 0.29) is 18.2 Å². The van der Waals surface area contributed by atoms with Gasteiger partial charge in [0.15, 0.2) is 5.78 Å². The van der Waals surface area contributed by atoms with E-state index in [4.69, 9.17) is 0 Å². The molecule has 1 unspecified atom stereocenters. The number of benzene rings is 3. The van der Waals surface area contributed by atoms with Gasteiger partial charge in [-0.2, -0.15) is 5.10 Å². The van der Waals surface area contributed by atoms with Crippen molar-refractivity contribution in [3.8, 4) is 0 Å². The van der Waals surface area contributed by atoms with Gasteiger partial charge in [0.1, 0.15) is 18.7 Å². The maximum Gasteiger partial charge on any atom is 0.244 e. The molecule has 0 bridgehead atoms. The van der Waals surface area contributed by atoms with E-state index >= 15 is 0 Å². The number of carbonyl (C=O) groups is 2. The molecule has 6 heteroatoms. The number of amides is 1. The quantitative estimate of drug-likeness (QED) is 0.383. The van der Waals surface area contributed by atoms with Gasteiger partial charge in [0, 0.05) is 11.6 Å². The van der Waals surface area contributed by atoms with Crippen LogP contribution in [0.1, 0.15) is 15.9 Å². The van der Waals surface area contributed by atoms with E-state index in [2.05, 4.69) is 15.4 Å². The summed E-state index contributed by atoms with van der Waals surface area (Å²) in [6, 6.07) is 22.1. The van der Waals surface area contributed by atoms with Crippen molar-refractivity contribution in [2.24, 2.45) is 0 Å². The lowest BCUT2D eigenvalue weighted by atomic mass is 10.0. The van der Waals surface area contributed by atoms with Crippen LogP contribution in [-0.2, 0) is 11.3 Å². The Kier molecular flexibility index (Phi) is 5.75. The highest BCUT2D eigenvalue weighted by atomic mass is 16.2. The Morgan fingerprint density at radius 2 is 1.73 bits per heavy atom. The van der Waals surface area contributed by atoms with E-state index < -0.39 is 6.04 Å². The molecular formula is C24H20N4O2. The highest BCUT2D eigenvalue weighted by molar-refractivity contribution is 6.03. The van der Waals surface area contributed by atoms with E-state index in [0.29, 0.717) is 5.56 Å². The van der Waals surface area contributed by atoms with E-state index in [1.54, 1.807) is 30.3 Å². The molecule has 0 aliphatic carbocycles. The minimum absolute atomic E-state index is 0.182. The van der Waals surface area contributed by atoms with Crippen molar-refractivity contribution in [1.29, 1.82) is 0 Å². The van der Waals surface area contributed by atoms with Crippen LogP contribution in [0.25, 0.3) is 16.8 Å². The first-order valence-electron chi connectivity index (χ1n) is 9.58. The first kappa shape index (κ1) is 19.3. The Morgan fingerprint density at radius 3 is 2.50 bits per heavy atom. The van der Waals surface area contributed by atoms with Crippen LogP contribution in [0.3, 0.4) is 0 Å². The van der Waals surface area contributed by atoms with Gasteiger partial charge < -0.3 is 5.32 Å².